The molecule has 1 N–H and O–H groups in total. The highest BCUT2D eigenvalue weighted by molar-refractivity contribution is 5.82. The zero-order valence-corrected chi connectivity index (χ0v) is 19.8. The molecule has 0 aliphatic carbocycles. The monoisotopic (exact) mass is 521 g/mol. The van der Waals surface area contributed by atoms with Gasteiger partial charge in [-0.3, -0.25) is 4.79 Å². The van der Waals surface area contributed by atoms with Crippen LogP contribution in [0.25, 0.3) is 11.2 Å². The first-order valence-corrected chi connectivity index (χ1v) is 11.7. The van der Waals surface area contributed by atoms with E-state index in [9.17, 15) is 18.0 Å². The van der Waals surface area contributed by atoms with Gasteiger partial charge in [0.1, 0.15) is 6.33 Å². The van der Waals surface area contributed by atoms with E-state index >= 15 is 0 Å². The van der Waals surface area contributed by atoms with Crippen molar-refractivity contribution in [3.8, 4) is 0 Å². The maximum absolute atomic E-state index is 12.7. The number of aromatic nitrogens is 5. The summed E-state index contributed by atoms with van der Waals surface area (Å²) in [5.41, 5.74) is 2.47. The Labute approximate surface area is 209 Å². The Kier molecular flexibility index (Phi) is 8.16. The number of ether oxygens (including phenoxy) is 1. The van der Waals surface area contributed by atoms with Gasteiger partial charge in [-0.15, -0.1) is 5.10 Å². The number of fused-ring (bicyclic) bond motifs is 1. The number of alkyl halides is 3. The molecule has 14 heteroatoms. The molecule has 0 saturated carbocycles. The lowest BCUT2D eigenvalue weighted by Gasteiger charge is -2.33. The van der Waals surface area contributed by atoms with E-state index in [1.807, 2.05) is 35.2 Å². The summed E-state index contributed by atoms with van der Waals surface area (Å²) in [6.45, 7) is 4.15. The molecule has 198 valence electrons. The number of hydrogen-bond donors (Lipinski definition) is 1. The van der Waals surface area contributed by atoms with Gasteiger partial charge in [0.25, 0.3) is 0 Å². The van der Waals surface area contributed by atoms with Crippen LogP contribution in [0, 0.1) is 0 Å². The molecule has 1 atom stereocenters. The van der Waals surface area contributed by atoms with E-state index in [1.165, 1.54) is 12.8 Å². The fourth-order valence-electron chi connectivity index (χ4n) is 4.19. The minimum absolute atomic E-state index is 0.122. The summed E-state index contributed by atoms with van der Waals surface area (Å²) in [4.78, 5) is 34.6. The van der Waals surface area contributed by atoms with Crippen molar-refractivity contribution >= 4 is 28.9 Å². The molecule has 2 aliphatic heterocycles. The molecule has 1 amide bonds. The highest BCUT2D eigenvalue weighted by atomic mass is 19.4. The summed E-state index contributed by atoms with van der Waals surface area (Å²) in [5.74, 6) is -1.78. The first-order valence-electron chi connectivity index (χ1n) is 11.7. The number of carbonyl (C=O) groups excluding carboxylic acids is 1. The first-order chi connectivity index (χ1) is 17.7. The van der Waals surface area contributed by atoms with Crippen molar-refractivity contribution in [1.29, 1.82) is 0 Å². The second kappa shape index (κ2) is 11.5. The van der Waals surface area contributed by atoms with E-state index in [0.717, 1.165) is 30.0 Å². The summed E-state index contributed by atoms with van der Waals surface area (Å²) in [7, 11) is 0. The first kappa shape index (κ1) is 26.3. The van der Waals surface area contributed by atoms with Crippen LogP contribution in [0.4, 0.5) is 19.0 Å². The molecule has 1 aromatic carbocycles. The van der Waals surface area contributed by atoms with Gasteiger partial charge in [-0.2, -0.15) is 13.2 Å². The lowest BCUT2D eigenvalue weighted by atomic mass is 10.1. The van der Waals surface area contributed by atoms with Crippen molar-refractivity contribution < 1.29 is 32.6 Å². The number of aliphatic carboxylic acids is 1. The summed E-state index contributed by atoms with van der Waals surface area (Å²) < 4.78 is 39.4. The van der Waals surface area contributed by atoms with Crippen LogP contribution in [0.2, 0.25) is 0 Å². The van der Waals surface area contributed by atoms with Gasteiger partial charge >= 0.3 is 12.1 Å². The molecule has 0 bridgehead atoms. The van der Waals surface area contributed by atoms with E-state index in [4.69, 9.17) is 14.6 Å². The van der Waals surface area contributed by atoms with Gasteiger partial charge in [-0.05, 0) is 18.4 Å². The maximum Gasteiger partial charge on any atom is 0.490 e. The van der Waals surface area contributed by atoms with Gasteiger partial charge in [0.2, 0.25) is 5.91 Å². The average Bonchev–Trinajstić information content (AvgIpc) is 3.55. The Bertz CT molecular complexity index is 1220. The average molecular weight is 522 g/mol. The van der Waals surface area contributed by atoms with Crippen LogP contribution in [0.1, 0.15) is 18.4 Å². The molecule has 0 spiro atoms. The Balaban J connectivity index is 0.000000405. The van der Waals surface area contributed by atoms with Crippen molar-refractivity contribution in [1.82, 2.24) is 29.9 Å². The fourth-order valence-corrected chi connectivity index (χ4v) is 4.19. The second-order valence-corrected chi connectivity index (χ2v) is 8.63. The van der Waals surface area contributed by atoms with Crippen molar-refractivity contribution in [2.75, 3.05) is 37.7 Å². The third-order valence-electron chi connectivity index (χ3n) is 6.00. The van der Waals surface area contributed by atoms with Crippen molar-refractivity contribution in [2.45, 2.75) is 38.1 Å². The number of amides is 1. The number of hydrogen-bond acceptors (Lipinski definition) is 8. The molecule has 4 heterocycles. The molecule has 0 radical (unpaired) electrons. The number of benzene rings is 1. The lowest BCUT2D eigenvalue weighted by Crippen LogP contribution is -2.47. The van der Waals surface area contributed by atoms with Crippen LogP contribution in [0.5, 0.6) is 0 Å². The number of morpholine rings is 1. The number of carbonyl (C=O) groups is 2. The van der Waals surface area contributed by atoms with Crippen molar-refractivity contribution in [2.24, 2.45) is 0 Å². The Morgan fingerprint density at radius 3 is 2.46 bits per heavy atom. The predicted molar refractivity (Wildman–Crippen MR) is 125 cm³/mol. The minimum Gasteiger partial charge on any atom is -0.475 e. The highest BCUT2D eigenvalue weighted by Crippen LogP contribution is 2.24. The van der Waals surface area contributed by atoms with E-state index in [0.29, 0.717) is 38.3 Å². The van der Waals surface area contributed by atoms with Crippen LogP contribution in [-0.2, 0) is 27.3 Å². The molecule has 2 fully saturated rings. The van der Waals surface area contributed by atoms with Gasteiger partial charge in [0.05, 0.1) is 25.7 Å². The molecular formula is C23H26F3N7O4. The SMILES string of the molecule is O=C(Cc1ccccc1)N1CCOC(Cn2nnc3c(N4CCCC4)ncnc32)C1.O=C(O)C(F)(F)F. The van der Waals surface area contributed by atoms with Gasteiger partial charge < -0.3 is 19.6 Å². The quantitative estimate of drug-likeness (QED) is 0.536. The number of anilines is 1. The topological polar surface area (TPSA) is 127 Å². The van der Waals surface area contributed by atoms with Crippen molar-refractivity contribution in [3.05, 3.63) is 42.2 Å². The van der Waals surface area contributed by atoms with Crippen molar-refractivity contribution in [3.63, 3.8) is 0 Å². The largest absolute Gasteiger partial charge is 0.490 e. The summed E-state index contributed by atoms with van der Waals surface area (Å²) in [6.07, 6.45) is -0.904. The van der Waals surface area contributed by atoms with Crippen LogP contribution >= 0.6 is 0 Å². The molecule has 1 unspecified atom stereocenters. The van der Waals surface area contributed by atoms with Crippen LogP contribution in [0.15, 0.2) is 36.7 Å². The molecule has 2 aliphatic rings. The van der Waals surface area contributed by atoms with Gasteiger partial charge in [0.15, 0.2) is 17.0 Å². The number of carboxylic acid groups (broad SMARTS) is 1. The third kappa shape index (κ3) is 6.70. The Morgan fingerprint density at radius 1 is 1.08 bits per heavy atom. The van der Waals surface area contributed by atoms with Crippen LogP contribution < -0.4 is 4.90 Å². The minimum atomic E-state index is -5.08. The lowest BCUT2D eigenvalue weighted by molar-refractivity contribution is -0.192. The zero-order chi connectivity index (χ0) is 26.4. The van der Waals surface area contributed by atoms with Gasteiger partial charge in [-0.1, -0.05) is 35.5 Å². The Hall–Kier alpha value is -3.81. The molecule has 37 heavy (non-hydrogen) atoms. The van der Waals surface area contributed by atoms with Crippen LogP contribution in [-0.4, -0.2) is 91.9 Å². The summed E-state index contributed by atoms with van der Waals surface area (Å²) in [6, 6.07) is 9.83. The molecule has 2 saturated heterocycles. The van der Waals surface area contributed by atoms with E-state index in [1.54, 1.807) is 11.0 Å². The fraction of sp³-hybridized carbons (Fsp3) is 0.478. The number of rotatable bonds is 5. The third-order valence-corrected chi connectivity index (χ3v) is 6.00. The standard InChI is InChI=1S/C21H25N7O2.C2HF3O2/c29-18(12-16-6-2-1-3-7-16)27-10-11-30-17(13-27)14-28-21-19(24-25-28)20(22-15-23-21)26-8-4-5-9-26;3-2(4,5)1(6)7/h1-3,6-7,15,17H,4-5,8-14H2;(H,6,7). The van der Waals surface area contributed by atoms with Gasteiger partial charge in [-0.25, -0.2) is 19.4 Å². The molecule has 11 nitrogen and oxygen atoms in total. The predicted octanol–water partition coefficient (Wildman–Crippen LogP) is 1.92. The Morgan fingerprint density at radius 2 is 1.78 bits per heavy atom. The normalized spacial score (nSPS) is 18.0. The van der Waals surface area contributed by atoms with Gasteiger partial charge in [0, 0.05) is 26.2 Å². The molecular weight excluding hydrogens is 495 g/mol. The molecule has 3 aromatic rings. The zero-order valence-electron chi connectivity index (χ0n) is 19.8. The molecule has 2 aromatic heterocycles. The van der Waals surface area contributed by atoms with Crippen LogP contribution in [0.3, 0.4) is 0 Å². The number of halogens is 3. The highest BCUT2D eigenvalue weighted by Gasteiger charge is 2.38. The second-order valence-electron chi connectivity index (χ2n) is 8.63. The summed E-state index contributed by atoms with van der Waals surface area (Å²) in [5, 5.41) is 15.8. The van der Waals surface area contributed by atoms with E-state index in [2.05, 4.69) is 25.2 Å². The maximum atomic E-state index is 12.7. The number of carboxylic acids is 1. The van der Waals surface area contributed by atoms with E-state index < -0.39 is 12.1 Å². The number of nitrogens with zero attached hydrogens (tertiary/aromatic N) is 7. The summed E-state index contributed by atoms with van der Waals surface area (Å²) >= 11 is 0. The smallest absolute Gasteiger partial charge is 0.475 e. The van der Waals surface area contributed by atoms with E-state index in [-0.39, 0.29) is 12.0 Å². The molecule has 5 rings (SSSR count).